The lowest BCUT2D eigenvalue weighted by atomic mass is 10.1. The highest BCUT2D eigenvalue weighted by Gasteiger charge is 2.24. The van der Waals surface area contributed by atoms with Gasteiger partial charge in [0.2, 0.25) is 0 Å². The lowest BCUT2D eigenvalue weighted by Gasteiger charge is -2.24. The van der Waals surface area contributed by atoms with Gasteiger partial charge in [-0.05, 0) is 51.3 Å². The second kappa shape index (κ2) is 6.04. The highest BCUT2D eigenvalue weighted by atomic mass is 15.2. The van der Waals surface area contributed by atoms with E-state index in [1.807, 2.05) is 0 Å². The van der Waals surface area contributed by atoms with Gasteiger partial charge in [0.05, 0.1) is 0 Å². The first-order valence-electron chi connectivity index (χ1n) is 7.62. The molecule has 0 amide bonds. The molecule has 1 heterocycles. The van der Waals surface area contributed by atoms with Crippen LogP contribution < -0.4 is 15.1 Å². The van der Waals surface area contributed by atoms with E-state index >= 15 is 0 Å². The molecule has 1 unspecified atom stereocenters. The predicted octanol–water partition coefficient (Wildman–Crippen LogP) is 2.97. The molecule has 1 aromatic carbocycles. The smallest absolute Gasteiger partial charge is 0.0387 e. The zero-order valence-corrected chi connectivity index (χ0v) is 13.6. The van der Waals surface area contributed by atoms with Crippen LogP contribution in [0.2, 0.25) is 0 Å². The zero-order chi connectivity index (χ0) is 14.8. The summed E-state index contributed by atoms with van der Waals surface area (Å²) in [6.45, 7) is 10.2. The highest BCUT2D eigenvalue weighted by molar-refractivity contribution is 5.59. The van der Waals surface area contributed by atoms with Crippen LogP contribution in [0.1, 0.15) is 27.2 Å². The van der Waals surface area contributed by atoms with E-state index in [0.717, 1.165) is 12.5 Å². The average molecular weight is 275 g/mol. The second-order valence-electron chi connectivity index (χ2n) is 7.15. The standard InChI is InChI=1S/C17H29N3/c1-17(2,3)18-12-14-9-10-20(13-14)16-8-6-7-15(11-16)19(4)5/h6-8,11,14,18H,9-10,12-13H2,1-5H3. The van der Waals surface area contributed by atoms with Crippen molar-refractivity contribution in [1.82, 2.24) is 5.32 Å². The predicted molar refractivity (Wildman–Crippen MR) is 88.8 cm³/mol. The van der Waals surface area contributed by atoms with Gasteiger partial charge >= 0.3 is 0 Å². The molecule has 1 saturated heterocycles. The molecule has 0 bridgehead atoms. The average Bonchev–Trinajstić information content (AvgIpc) is 2.84. The lowest BCUT2D eigenvalue weighted by molar-refractivity contribution is 0.383. The molecule has 1 fully saturated rings. The van der Waals surface area contributed by atoms with Gasteiger partial charge in [-0.25, -0.2) is 0 Å². The first-order chi connectivity index (χ1) is 9.35. The fraction of sp³-hybridized carbons (Fsp3) is 0.647. The van der Waals surface area contributed by atoms with Crippen molar-refractivity contribution >= 4 is 11.4 Å². The molecule has 0 radical (unpaired) electrons. The molecule has 1 aliphatic heterocycles. The van der Waals surface area contributed by atoms with Gasteiger partial charge in [-0.3, -0.25) is 0 Å². The van der Waals surface area contributed by atoms with E-state index in [-0.39, 0.29) is 5.54 Å². The van der Waals surface area contributed by atoms with Crippen molar-refractivity contribution in [3.63, 3.8) is 0 Å². The van der Waals surface area contributed by atoms with Crippen LogP contribution in [0.3, 0.4) is 0 Å². The van der Waals surface area contributed by atoms with E-state index in [9.17, 15) is 0 Å². The Morgan fingerprint density at radius 3 is 2.70 bits per heavy atom. The third kappa shape index (κ3) is 4.14. The maximum absolute atomic E-state index is 3.63. The Labute approximate surface area is 124 Å². The number of benzene rings is 1. The molecule has 1 atom stereocenters. The molecule has 0 saturated carbocycles. The third-order valence-corrected chi connectivity index (χ3v) is 3.92. The van der Waals surface area contributed by atoms with E-state index in [2.05, 4.69) is 74.2 Å². The van der Waals surface area contributed by atoms with Crippen molar-refractivity contribution in [2.24, 2.45) is 5.92 Å². The molecule has 0 spiro atoms. The summed E-state index contributed by atoms with van der Waals surface area (Å²) in [6, 6.07) is 8.84. The topological polar surface area (TPSA) is 18.5 Å². The van der Waals surface area contributed by atoms with Crippen LogP contribution in [0.5, 0.6) is 0 Å². The zero-order valence-electron chi connectivity index (χ0n) is 13.6. The molecular formula is C17H29N3. The summed E-state index contributed by atoms with van der Waals surface area (Å²) in [5, 5.41) is 3.63. The monoisotopic (exact) mass is 275 g/mol. The summed E-state index contributed by atoms with van der Waals surface area (Å²) in [4.78, 5) is 4.68. The van der Waals surface area contributed by atoms with E-state index in [1.54, 1.807) is 0 Å². The second-order valence-corrected chi connectivity index (χ2v) is 7.15. The van der Waals surface area contributed by atoms with E-state index in [1.165, 1.54) is 30.9 Å². The maximum Gasteiger partial charge on any atom is 0.0387 e. The molecule has 112 valence electrons. The molecule has 2 rings (SSSR count). The van der Waals surface area contributed by atoms with Gasteiger partial charge in [-0.15, -0.1) is 0 Å². The Hall–Kier alpha value is -1.22. The summed E-state index contributed by atoms with van der Waals surface area (Å²) in [6.07, 6.45) is 1.29. The summed E-state index contributed by atoms with van der Waals surface area (Å²) in [5.74, 6) is 0.761. The fourth-order valence-corrected chi connectivity index (χ4v) is 2.65. The molecule has 0 aromatic heterocycles. The Morgan fingerprint density at radius 1 is 1.30 bits per heavy atom. The molecule has 0 aliphatic carbocycles. The van der Waals surface area contributed by atoms with Gasteiger partial charge < -0.3 is 15.1 Å². The van der Waals surface area contributed by atoms with Crippen molar-refractivity contribution in [3.8, 4) is 0 Å². The largest absolute Gasteiger partial charge is 0.378 e. The van der Waals surface area contributed by atoms with Crippen molar-refractivity contribution in [2.45, 2.75) is 32.7 Å². The van der Waals surface area contributed by atoms with Crippen LogP contribution in [0, 0.1) is 5.92 Å². The van der Waals surface area contributed by atoms with Gasteiger partial charge in [-0.2, -0.15) is 0 Å². The number of rotatable bonds is 4. The minimum Gasteiger partial charge on any atom is -0.378 e. The van der Waals surface area contributed by atoms with Crippen LogP contribution in [0.25, 0.3) is 0 Å². The van der Waals surface area contributed by atoms with Gasteiger partial charge in [0.1, 0.15) is 0 Å². The van der Waals surface area contributed by atoms with Crippen molar-refractivity contribution in [3.05, 3.63) is 24.3 Å². The maximum atomic E-state index is 3.63. The summed E-state index contributed by atoms with van der Waals surface area (Å²) < 4.78 is 0. The molecule has 3 heteroatoms. The minimum absolute atomic E-state index is 0.220. The molecule has 1 N–H and O–H groups in total. The fourth-order valence-electron chi connectivity index (χ4n) is 2.65. The van der Waals surface area contributed by atoms with Crippen LogP contribution in [0.4, 0.5) is 11.4 Å². The van der Waals surface area contributed by atoms with E-state index < -0.39 is 0 Å². The summed E-state index contributed by atoms with van der Waals surface area (Å²) >= 11 is 0. The molecule has 1 aliphatic rings. The summed E-state index contributed by atoms with van der Waals surface area (Å²) in [5.41, 5.74) is 2.85. The highest BCUT2D eigenvalue weighted by Crippen LogP contribution is 2.26. The van der Waals surface area contributed by atoms with Crippen LogP contribution >= 0.6 is 0 Å². The Morgan fingerprint density at radius 2 is 2.05 bits per heavy atom. The van der Waals surface area contributed by atoms with Gasteiger partial charge in [0.15, 0.2) is 0 Å². The van der Waals surface area contributed by atoms with Gasteiger partial charge in [0.25, 0.3) is 0 Å². The molecule has 1 aromatic rings. The molecule has 20 heavy (non-hydrogen) atoms. The third-order valence-electron chi connectivity index (χ3n) is 3.92. The van der Waals surface area contributed by atoms with Crippen LogP contribution in [-0.4, -0.2) is 39.3 Å². The van der Waals surface area contributed by atoms with Gasteiger partial charge in [-0.1, -0.05) is 6.07 Å². The van der Waals surface area contributed by atoms with Crippen LogP contribution in [-0.2, 0) is 0 Å². The van der Waals surface area contributed by atoms with E-state index in [0.29, 0.717) is 0 Å². The quantitative estimate of drug-likeness (QED) is 0.911. The number of hydrogen-bond donors (Lipinski definition) is 1. The Balaban J connectivity index is 1.94. The van der Waals surface area contributed by atoms with Gasteiger partial charge in [0, 0.05) is 50.6 Å². The normalized spacial score (nSPS) is 19.4. The minimum atomic E-state index is 0.220. The first-order valence-corrected chi connectivity index (χ1v) is 7.62. The number of nitrogens with one attached hydrogen (secondary N) is 1. The van der Waals surface area contributed by atoms with Crippen LogP contribution in [0.15, 0.2) is 24.3 Å². The van der Waals surface area contributed by atoms with Crippen molar-refractivity contribution < 1.29 is 0 Å². The first kappa shape index (κ1) is 15.2. The SMILES string of the molecule is CN(C)c1cccc(N2CCC(CNC(C)(C)C)C2)c1. The van der Waals surface area contributed by atoms with Crippen molar-refractivity contribution in [1.29, 1.82) is 0 Å². The lowest BCUT2D eigenvalue weighted by Crippen LogP contribution is -2.39. The van der Waals surface area contributed by atoms with E-state index in [4.69, 9.17) is 0 Å². The summed E-state index contributed by atoms with van der Waals surface area (Å²) in [7, 11) is 4.19. The Kier molecular flexibility index (Phi) is 4.59. The number of nitrogens with zero attached hydrogens (tertiary/aromatic N) is 2. The van der Waals surface area contributed by atoms with Crippen molar-refractivity contribution in [2.75, 3.05) is 43.5 Å². The molecule has 3 nitrogen and oxygen atoms in total. The number of hydrogen-bond acceptors (Lipinski definition) is 3. The molecular weight excluding hydrogens is 246 g/mol. The number of anilines is 2. The Bertz CT molecular complexity index is 434.